The molecule has 0 aromatic rings. The number of hydrogen-bond acceptors (Lipinski definition) is 5. The minimum absolute atomic E-state index is 0.0591. The molecule has 0 aliphatic heterocycles. The van der Waals surface area contributed by atoms with E-state index in [4.69, 9.17) is 9.05 Å². The summed E-state index contributed by atoms with van der Waals surface area (Å²) < 4.78 is 23.6. The molecule has 67 heavy (non-hydrogen) atoms. The van der Waals surface area contributed by atoms with Gasteiger partial charge in [-0.05, 0) is 89.9 Å². The van der Waals surface area contributed by atoms with Gasteiger partial charge in [0.1, 0.15) is 13.2 Å². The summed E-state index contributed by atoms with van der Waals surface area (Å²) in [6.07, 6.45) is 71.1. The number of hydrogen-bond donors (Lipinski definition) is 3. The Bertz CT molecular complexity index is 1500. The zero-order valence-electron chi connectivity index (χ0n) is 43.3. The number of phosphoric acid groups is 1. The van der Waals surface area contributed by atoms with Crippen molar-refractivity contribution in [3.05, 3.63) is 122 Å². The lowest BCUT2D eigenvalue weighted by Crippen LogP contribution is -2.46. The standard InChI is InChI=1S/C58H99N2O6P/c1-6-8-10-12-14-16-18-20-21-22-23-24-25-26-27-28-29-30-31-32-33-34-35-36-37-38-39-40-42-44-46-48-50-52-58(62)59-56(55-66-67(63,64)65-54-53-60(3,4)5)57(61)51-49-47-45-43-41-19-17-15-13-11-9-7-2/h8,10,14,16,20-21,23-24,26-27,29-30,32-33,35-36,38-39,42,44,56-57,61H,6-7,9,11-13,15,17-19,22,25,28,31,34,37,40-41,43,45-55H2,1-5H3,(H-,59,62,63,64)/p+1/b10-8-,16-14-,21-20-,24-23-,27-26-,30-29-,33-32-,36-35-,39-38-,44-42-. The number of nitrogens with one attached hydrogen (secondary N) is 1. The fourth-order valence-corrected chi connectivity index (χ4v) is 7.57. The first kappa shape index (κ1) is 63.9. The molecule has 0 aliphatic rings. The van der Waals surface area contributed by atoms with Gasteiger partial charge in [0.05, 0.1) is 39.9 Å². The van der Waals surface area contributed by atoms with Gasteiger partial charge in [0, 0.05) is 6.42 Å². The second kappa shape index (κ2) is 47.9. The molecule has 0 radical (unpaired) electrons. The number of nitrogens with zero attached hydrogens (tertiary/aromatic N) is 1. The first-order chi connectivity index (χ1) is 32.5. The van der Waals surface area contributed by atoms with E-state index in [2.05, 4.69) is 141 Å². The number of carbonyl (C=O) groups is 1. The van der Waals surface area contributed by atoms with Gasteiger partial charge in [-0.2, -0.15) is 0 Å². The van der Waals surface area contributed by atoms with Crippen LogP contribution in [0.15, 0.2) is 122 Å². The Kier molecular flexibility index (Phi) is 45.7. The van der Waals surface area contributed by atoms with E-state index in [0.717, 1.165) is 96.3 Å². The molecule has 3 unspecified atom stereocenters. The Morgan fingerprint density at radius 2 is 0.896 bits per heavy atom. The van der Waals surface area contributed by atoms with E-state index in [1.807, 2.05) is 21.1 Å². The van der Waals surface area contributed by atoms with Crippen LogP contribution in [0.25, 0.3) is 0 Å². The van der Waals surface area contributed by atoms with Crippen molar-refractivity contribution in [3.8, 4) is 0 Å². The zero-order chi connectivity index (χ0) is 49.2. The maximum Gasteiger partial charge on any atom is 0.472 e. The predicted octanol–water partition coefficient (Wildman–Crippen LogP) is 15.8. The van der Waals surface area contributed by atoms with Crippen molar-refractivity contribution in [1.82, 2.24) is 5.32 Å². The van der Waals surface area contributed by atoms with Gasteiger partial charge in [0.25, 0.3) is 0 Å². The molecule has 1 amide bonds. The summed E-state index contributed by atoms with van der Waals surface area (Å²) in [6.45, 7) is 4.71. The molecular formula is C58H100N2O6P+. The molecule has 0 aliphatic carbocycles. The minimum atomic E-state index is -4.34. The Labute approximate surface area is 412 Å². The molecule has 0 bridgehead atoms. The summed E-state index contributed by atoms with van der Waals surface area (Å²) in [7, 11) is 1.57. The monoisotopic (exact) mass is 952 g/mol. The fourth-order valence-electron chi connectivity index (χ4n) is 6.84. The van der Waals surface area contributed by atoms with Gasteiger partial charge < -0.3 is 19.8 Å². The van der Waals surface area contributed by atoms with Crippen molar-refractivity contribution in [2.75, 3.05) is 40.9 Å². The van der Waals surface area contributed by atoms with Crippen LogP contribution in [0.1, 0.15) is 187 Å². The number of likely N-dealkylation sites (N-methyl/N-ethyl adjacent to an activating group) is 1. The lowest BCUT2D eigenvalue weighted by atomic mass is 10.0. The quantitative estimate of drug-likeness (QED) is 0.0243. The predicted molar refractivity (Wildman–Crippen MR) is 290 cm³/mol. The third-order valence-electron chi connectivity index (χ3n) is 11.0. The number of rotatable bonds is 46. The van der Waals surface area contributed by atoms with Gasteiger partial charge in [-0.3, -0.25) is 13.8 Å². The highest BCUT2D eigenvalue weighted by Crippen LogP contribution is 2.43. The van der Waals surface area contributed by atoms with Crippen LogP contribution in [-0.4, -0.2) is 73.4 Å². The Hall–Kier alpha value is -3.10. The largest absolute Gasteiger partial charge is 0.472 e. The molecule has 3 atom stereocenters. The van der Waals surface area contributed by atoms with Crippen LogP contribution in [0, 0.1) is 0 Å². The normalized spacial score (nSPS) is 15.0. The van der Waals surface area contributed by atoms with E-state index in [1.54, 1.807) is 0 Å². The fraction of sp³-hybridized carbons (Fsp3) is 0.638. The highest BCUT2D eigenvalue weighted by Gasteiger charge is 2.28. The average Bonchev–Trinajstić information content (AvgIpc) is 3.29. The summed E-state index contributed by atoms with van der Waals surface area (Å²) in [5.74, 6) is -0.193. The SMILES string of the molecule is CC/C=C\C/C=C\C/C=C\C/C=C\C/C=C\C/C=C\C/C=C\C/C=C\C/C=C\C/C=C\CCCCC(=O)NC(COP(=O)(O)OCC[N+](C)(C)C)C(O)CCCCCCCCCCCCCC. The molecule has 0 saturated heterocycles. The number of allylic oxidation sites excluding steroid dienone is 20. The second-order valence-corrected chi connectivity index (χ2v) is 20.0. The van der Waals surface area contributed by atoms with E-state index < -0.39 is 20.0 Å². The van der Waals surface area contributed by atoms with Crippen LogP contribution < -0.4 is 5.32 Å². The smallest absolute Gasteiger partial charge is 0.391 e. The van der Waals surface area contributed by atoms with Crippen LogP contribution in [0.4, 0.5) is 0 Å². The topological polar surface area (TPSA) is 105 Å². The number of carbonyl (C=O) groups excluding carboxylic acids is 1. The van der Waals surface area contributed by atoms with Gasteiger partial charge in [-0.1, -0.05) is 212 Å². The number of unbranched alkanes of at least 4 members (excludes halogenated alkanes) is 13. The Balaban J connectivity index is 4.29. The zero-order valence-corrected chi connectivity index (χ0v) is 44.2. The summed E-state index contributed by atoms with van der Waals surface area (Å²) in [6, 6.07) is -0.792. The number of aliphatic hydroxyl groups is 1. The molecule has 0 rings (SSSR count). The third kappa shape index (κ3) is 50.6. The van der Waals surface area contributed by atoms with Crippen LogP contribution in [0.5, 0.6) is 0 Å². The van der Waals surface area contributed by atoms with Crippen molar-refractivity contribution in [1.29, 1.82) is 0 Å². The number of phosphoric ester groups is 1. The summed E-state index contributed by atoms with van der Waals surface area (Å²) in [5.41, 5.74) is 0. The minimum Gasteiger partial charge on any atom is -0.391 e. The van der Waals surface area contributed by atoms with Crippen LogP contribution in [0.2, 0.25) is 0 Å². The van der Waals surface area contributed by atoms with E-state index in [0.29, 0.717) is 30.3 Å². The lowest BCUT2D eigenvalue weighted by Gasteiger charge is -2.26. The molecule has 0 spiro atoms. The van der Waals surface area contributed by atoms with Crippen LogP contribution in [0.3, 0.4) is 0 Å². The molecule has 0 heterocycles. The van der Waals surface area contributed by atoms with E-state index in [-0.39, 0.29) is 19.1 Å². The second-order valence-electron chi connectivity index (χ2n) is 18.5. The molecular weight excluding hydrogens is 852 g/mol. The van der Waals surface area contributed by atoms with Crippen molar-refractivity contribution < 1.29 is 32.9 Å². The molecule has 0 saturated carbocycles. The van der Waals surface area contributed by atoms with Gasteiger partial charge in [0.2, 0.25) is 5.91 Å². The number of quaternary nitrogens is 1. The van der Waals surface area contributed by atoms with Gasteiger partial charge >= 0.3 is 7.82 Å². The Morgan fingerprint density at radius 3 is 1.28 bits per heavy atom. The van der Waals surface area contributed by atoms with Gasteiger partial charge in [0.15, 0.2) is 0 Å². The van der Waals surface area contributed by atoms with Gasteiger partial charge in [-0.15, -0.1) is 0 Å². The van der Waals surface area contributed by atoms with Crippen molar-refractivity contribution >= 4 is 13.7 Å². The Morgan fingerprint density at radius 1 is 0.522 bits per heavy atom. The van der Waals surface area contributed by atoms with Crippen molar-refractivity contribution in [3.63, 3.8) is 0 Å². The average molecular weight is 952 g/mol. The molecule has 0 aromatic heterocycles. The highest BCUT2D eigenvalue weighted by atomic mass is 31.2. The summed E-state index contributed by atoms with van der Waals surface area (Å²) >= 11 is 0. The molecule has 3 N–H and O–H groups in total. The van der Waals surface area contributed by atoms with E-state index in [1.165, 1.54) is 57.8 Å². The van der Waals surface area contributed by atoms with Crippen LogP contribution in [-0.2, 0) is 18.4 Å². The molecule has 382 valence electrons. The van der Waals surface area contributed by atoms with Crippen molar-refractivity contribution in [2.45, 2.75) is 199 Å². The third-order valence-corrected chi connectivity index (χ3v) is 12.0. The van der Waals surface area contributed by atoms with Crippen LogP contribution >= 0.6 is 7.82 Å². The van der Waals surface area contributed by atoms with E-state index in [9.17, 15) is 19.4 Å². The maximum atomic E-state index is 12.9. The highest BCUT2D eigenvalue weighted by molar-refractivity contribution is 7.47. The van der Waals surface area contributed by atoms with E-state index >= 15 is 0 Å². The molecule has 0 aromatic carbocycles. The number of aliphatic hydroxyl groups excluding tert-OH is 1. The summed E-state index contributed by atoms with van der Waals surface area (Å²) in [4.78, 5) is 23.2. The molecule has 9 heteroatoms. The maximum absolute atomic E-state index is 12.9. The summed E-state index contributed by atoms with van der Waals surface area (Å²) in [5, 5.41) is 13.9. The number of amides is 1. The first-order valence-electron chi connectivity index (χ1n) is 26.4. The van der Waals surface area contributed by atoms with Gasteiger partial charge in [-0.25, -0.2) is 4.57 Å². The molecule has 8 nitrogen and oxygen atoms in total. The lowest BCUT2D eigenvalue weighted by molar-refractivity contribution is -0.870. The van der Waals surface area contributed by atoms with Crippen molar-refractivity contribution in [2.24, 2.45) is 0 Å². The first-order valence-corrected chi connectivity index (χ1v) is 27.9. The molecule has 0 fully saturated rings.